The second-order valence-electron chi connectivity index (χ2n) is 6.90. The zero-order valence-corrected chi connectivity index (χ0v) is 15.8. The van der Waals surface area contributed by atoms with Gasteiger partial charge < -0.3 is 14.8 Å². The summed E-state index contributed by atoms with van der Waals surface area (Å²) in [5.74, 6) is 0.216. The van der Waals surface area contributed by atoms with Gasteiger partial charge in [0.1, 0.15) is 12.3 Å². The quantitative estimate of drug-likeness (QED) is 0.808. The minimum Gasteiger partial charge on any atom is -0.491 e. The Morgan fingerprint density at radius 3 is 2.68 bits per heavy atom. The molecule has 0 bridgehead atoms. The molecule has 1 N–H and O–H groups in total. The summed E-state index contributed by atoms with van der Waals surface area (Å²) >= 11 is 0. The number of anilines is 1. The van der Waals surface area contributed by atoms with Crippen LogP contribution in [0.25, 0.3) is 10.9 Å². The molecular weight excluding hydrogens is 377 g/mol. The van der Waals surface area contributed by atoms with Gasteiger partial charge in [-0.1, -0.05) is 0 Å². The summed E-state index contributed by atoms with van der Waals surface area (Å²) in [7, 11) is 0. The normalized spacial score (nSPS) is 15.9. The number of aromatic nitrogens is 2. The Morgan fingerprint density at radius 2 is 2.04 bits per heavy atom. The summed E-state index contributed by atoms with van der Waals surface area (Å²) in [4.78, 5) is 14.3. The average Bonchev–Trinajstić information content (AvgIpc) is 2.90. The second kappa shape index (κ2) is 8.36. The van der Waals surface area contributed by atoms with E-state index in [1.807, 2.05) is 18.7 Å². The number of nitrogens with zero attached hydrogens (tertiary/aromatic N) is 3. The number of amides is 1. The predicted octanol–water partition coefficient (Wildman–Crippen LogP) is 2.66. The topological polar surface area (TPSA) is 68.6 Å². The molecule has 2 aromatic rings. The van der Waals surface area contributed by atoms with Gasteiger partial charge in [0.05, 0.1) is 31.4 Å². The van der Waals surface area contributed by atoms with Crippen LogP contribution in [0.15, 0.2) is 18.2 Å². The molecule has 0 radical (unpaired) electrons. The molecule has 154 valence electrons. The van der Waals surface area contributed by atoms with Gasteiger partial charge in [-0.15, -0.1) is 0 Å². The summed E-state index contributed by atoms with van der Waals surface area (Å²) in [6, 6.07) is 4.77. The Kier molecular flexibility index (Phi) is 6.09. The molecule has 3 rings (SSSR count). The fourth-order valence-corrected chi connectivity index (χ4v) is 3.02. The van der Waals surface area contributed by atoms with E-state index in [0.717, 1.165) is 4.68 Å². The lowest BCUT2D eigenvalue weighted by Crippen LogP contribution is -2.41. The van der Waals surface area contributed by atoms with Gasteiger partial charge in [0.2, 0.25) is 5.91 Å². The zero-order chi connectivity index (χ0) is 20.3. The number of morpholine rings is 1. The molecule has 7 nitrogen and oxygen atoms in total. The maximum atomic E-state index is 13.0. The summed E-state index contributed by atoms with van der Waals surface area (Å²) in [6.07, 6.45) is -4.56. The summed E-state index contributed by atoms with van der Waals surface area (Å²) in [5.41, 5.74) is 0.247. The lowest BCUT2D eigenvalue weighted by atomic mass is 10.2. The summed E-state index contributed by atoms with van der Waals surface area (Å²) in [6.45, 7) is 4.89. The van der Waals surface area contributed by atoms with E-state index in [2.05, 4.69) is 10.4 Å². The van der Waals surface area contributed by atoms with Crippen molar-refractivity contribution in [3.8, 4) is 5.75 Å². The number of benzene rings is 1. The number of nitrogens with one attached hydrogen (secondary N) is 1. The smallest absolute Gasteiger partial charge is 0.408 e. The lowest BCUT2D eigenvalue weighted by molar-refractivity contribution is -0.141. The molecule has 0 unspecified atom stereocenters. The first-order chi connectivity index (χ1) is 13.2. The highest BCUT2D eigenvalue weighted by atomic mass is 19.4. The van der Waals surface area contributed by atoms with E-state index >= 15 is 0 Å². The van der Waals surface area contributed by atoms with E-state index in [9.17, 15) is 18.0 Å². The van der Waals surface area contributed by atoms with Crippen LogP contribution in [-0.4, -0.2) is 65.7 Å². The van der Waals surface area contributed by atoms with Crippen LogP contribution >= 0.6 is 0 Å². The van der Waals surface area contributed by atoms with Gasteiger partial charge >= 0.3 is 6.18 Å². The molecule has 0 atom stereocenters. The van der Waals surface area contributed by atoms with Crippen molar-refractivity contribution in [2.45, 2.75) is 32.7 Å². The first-order valence-electron chi connectivity index (χ1n) is 9.05. The minimum atomic E-state index is -4.44. The Balaban J connectivity index is 1.85. The highest BCUT2D eigenvalue weighted by Gasteiger charge is 2.30. The molecule has 1 fully saturated rings. The molecule has 28 heavy (non-hydrogen) atoms. The van der Waals surface area contributed by atoms with Crippen molar-refractivity contribution in [3.05, 3.63) is 18.2 Å². The van der Waals surface area contributed by atoms with E-state index in [1.54, 1.807) is 12.1 Å². The van der Waals surface area contributed by atoms with Crippen LogP contribution < -0.4 is 10.1 Å². The Bertz CT molecular complexity index is 829. The lowest BCUT2D eigenvalue weighted by Gasteiger charge is -2.25. The number of hydrogen-bond acceptors (Lipinski definition) is 5. The third-order valence-electron chi connectivity index (χ3n) is 4.15. The SMILES string of the molecule is CC(C)Oc1ccc2c(NC(=O)CN3CCOCC3)nn(CC(F)(F)F)c2c1. The Hall–Kier alpha value is -2.33. The van der Waals surface area contributed by atoms with Crippen LogP contribution in [0, 0.1) is 0 Å². The van der Waals surface area contributed by atoms with Gasteiger partial charge in [-0.05, 0) is 26.0 Å². The van der Waals surface area contributed by atoms with Crippen LogP contribution in [0.2, 0.25) is 0 Å². The molecule has 0 aliphatic carbocycles. The molecule has 0 spiro atoms. The number of carbonyl (C=O) groups excluding carboxylic acids is 1. The van der Waals surface area contributed by atoms with Gasteiger partial charge in [-0.3, -0.25) is 14.4 Å². The van der Waals surface area contributed by atoms with Crippen LogP contribution in [0.1, 0.15) is 13.8 Å². The fourth-order valence-electron chi connectivity index (χ4n) is 3.02. The zero-order valence-electron chi connectivity index (χ0n) is 15.8. The van der Waals surface area contributed by atoms with Gasteiger partial charge in [-0.2, -0.15) is 18.3 Å². The monoisotopic (exact) mass is 400 g/mol. The predicted molar refractivity (Wildman–Crippen MR) is 97.4 cm³/mol. The number of rotatable bonds is 6. The van der Waals surface area contributed by atoms with Crippen molar-refractivity contribution in [2.75, 3.05) is 38.2 Å². The third kappa shape index (κ3) is 5.35. The average molecular weight is 400 g/mol. The molecule has 1 amide bonds. The number of alkyl halides is 3. The molecule has 2 heterocycles. The van der Waals surface area contributed by atoms with Gasteiger partial charge in [0, 0.05) is 24.5 Å². The number of fused-ring (bicyclic) bond motifs is 1. The van der Waals surface area contributed by atoms with Crippen LogP contribution in [-0.2, 0) is 16.1 Å². The first-order valence-corrected chi connectivity index (χ1v) is 9.05. The van der Waals surface area contributed by atoms with Crippen molar-refractivity contribution in [1.82, 2.24) is 14.7 Å². The Morgan fingerprint density at radius 1 is 1.32 bits per heavy atom. The molecule has 1 aliphatic heterocycles. The van der Waals surface area contributed by atoms with Crippen LogP contribution in [0.5, 0.6) is 5.75 Å². The van der Waals surface area contributed by atoms with Gasteiger partial charge in [0.15, 0.2) is 5.82 Å². The molecule has 0 saturated carbocycles. The van der Waals surface area contributed by atoms with Crippen molar-refractivity contribution >= 4 is 22.6 Å². The largest absolute Gasteiger partial charge is 0.491 e. The molecule has 1 aliphatic rings. The number of hydrogen-bond donors (Lipinski definition) is 1. The highest BCUT2D eigenvalue weighted by Crippen LogP contribution is 2.30. The maximum absolute atomic E-state index is 13.0. The molecular formula is C18H23F3N4O3. The van der Waals surface area contributed by atoms with Gasteiger partial charge in [-0.25, -0.2) is 0 Å². The summed E-state index contributed by atoms with van der Waals surface area (Å²) in [5, 5.41) is 7.06. The maximum Gasteiger partial charge on any atom is 0.408 e. The molecule has 10 heteroatoms. The second-order valence-corrected chi connectivity index (χ2v) is 6.90. The third-order valence-corrected chi connectivity index (χ3v) is 4.15. The van der Waals surface area contributed by atoms with E-state index in [0.29, 0.717) is 37.4 Å². The van der Waals surface area contributed by atoms with Crippen molar-refractivity contribution < 1.29 is 27.4 Å². The van der Waals surface area contributed by atoms with Crippen molar-refractivity contribution in [3.63, 3.8) is 0 Å². The first kappa shape index (κ1) is 20.4. The van der Waals surface area contributed by atoms with Crippen LogP contribution in [0.3, 0.4) is 0 Å². The van der Waals surface area contributed by atoms with E-state index in [1.165, 1.54) is 6.07 Å². The molecule has 1 aromatic carbocycles. The molecule has 1 aromatic heterocycles. The van der Waals surface area contributed by atoms with Crippen molar-refractivity contribution in [1.29, 1.82) is 0 Å². The van der Waals surface area contributed by atoms with E-state index in [4.69, 9.17) is 9.47 Å². The highest BCUT2D eigenvalue weighted by molar-refractivity contribution is 6.00. The fraction of sp³-hybridized carbons (Fsp3) is 0.556. The summed E-state index contributed by atoms with van der Waals surface area (Å²) < 4.78 is 50.5. The van der Waals surface area contributed by atoms with Crippen molar-refractivity contribution in [2.24, 2.45) is 0 Å². The van der Waals surface area contributed by atoms with E-state index in [-0.39, 0.29) is 29.9 Å². The van der Waals surface area contributed by atoms with E-state index < -0.39 is 12.7 Å². The van der Waals surface area contributed by atoms with Gasteiger partial charge in [0.25, 0.3) is 0 Å². The van der Waals surface area contributed by atoms with Crippen LogP contribution in [0.4, 0.5) is 19.0 Å². The Labute approximate surface area is 160 Å². The number of ether oxygens (including phenoxy) is 2. The molecule has 1 saturated heterocycles. The number of halogens is 3. The number of carbonyl (C=O) groups is 1. The standard InChI is InChI=1S/C18H23F3N4O3/c1-12(2)28-13-3-4-14-15(9-13)25(11-18(19,20)21)23-17(14)22-16(26)10-24-5-7-27-8-6-24/h3-4,9,12H,5-8,10-11H2,1-2H3,(H,22,23,26). The minimum absolute atomic E-state index is 0.105.